The Labute approximate surface area is 159 Å². The molecular weight excluding hydrogens is 338 g/mol. The Kier molecular flexibility index (Phi) is 5.30. The summed E-state index contributed by atoms with van der Waals surface area (Å²) in [5, 5.41) is 3.09. The van der Waals surface area contributed by atoms with Crippen molar-refractivity contribution in [3.05, 3.63) is 59.5 Å². The Morgan fingerprint density at radius 3 is 2.78 bits per heavy atom. The lowest BCUT2D eigenvalue weighted by Crippen LogP contribution is -2.38. The molecule has 3 aromatic rings. The van der Waals surface area contributed by atoms with Crippen molar-refractivity contribution in [2.45, 2.75) is 32.7 Å². The van der Waals surface area contributed by atoms with Gasteiger partial charge >= 0.3 is 0 Å². The summed E-state index contributed by atoms with van der Waals surface area (Å²) in [5.41, 5.74) is 4.80. The number of benzene rings is 1. The fraction of sp³-hybridized carbons (Fsp3) is 0.409. The van der Waals surface area contributed by atoms with Crippen molar-refractivity contribution < 1.29 is 9.21 Å². The summed E-state index contributed by atoms with van der Waals surface area (Å²) in [5.74, 6) is -0.0352. The minimum atomic E-state index is -0.0352. The molecule has 1 aliphatic rings. The number of amides is 1. The number of carbonyl (C=O) groups excluding carboxylic acids is 1. The maximum absolute atomic E-state index is 12.9. The summed E-state index contributed by atoms with van der Waals surface area (Å²) in [6.07, 6.45) is 5.54. The molecule has 1 saturated heterocycles. The third-order valence-electron chi connectivity index (χ3n) is 5.51. The van der Waals surface area contributed by atoms with Gasteiger partial charge in [-0.15, -0.1) is 0 Å². The second-order valence-electron chi connectivity index (χ2n) is 7.37. The van der Waals surface area contributed by atoms with Crippen molar-refractivity contribution in [2.75, 3.05) is 26.2 Å². The van der Waals surface area contributed by atoms with Gasteiger partial charge in [-0.2, -0.15) is 0 Å². The maximum atomic E-state index is 12.9. The third-order valence-corrected chi connectivity index (χ3v) is 5.51. The Balaban J connectivity index is 1.49. The monoisotopic (exact) mass is 365 g/mol. The molecule has 0 unspecified atom stereocenters. The highest BCUT2D eigenvalue weighted by Crippen LogP contribution is 2.23. The van der Waals surface area contributed by atoms with Gasteiger partial charge in [-0.1, -0.05) is 30.7 Å². The average molecular weight is 365 g/mol. The molecule has 142 valence electrons. The van der Waals surface area contributed by atoms with E-state index < -0.39 is 0 Å². The van der Waals surface area contributed by atoms with Crippen LogP contribution in [0.5, 0.6) is 0 Å². The summed E-state index contributed by atoms with van der Waals surface area (Å²) in [6.45, 7) is 6.64. The van der Waals surface area contributed by atoms with E-state index in [4.69, 9.17) is 4.42 Å². The highest BCUT2D eigenvalue weighted by molar-refractivity contribution is 5.97. The van der Waals surface area contributed by atoms with E-state index >= 15 is 0 Å². The standard InChI is InChI=1S/C22H27N3O2/c1-17-7-3-4-8-18(17)16-25-19-9-14-27-21(19)15-20(25)22(26)23-10-13-24-11-5-2-6-12-24/h3-4,7-9,14-15H,2,5-6,10-13,16H2,1H3,(H,23,26). The lowest BCUT2D eigenvalue weighted by molar-refractivity contribution is 0.0938. The largest absolute Gasteiger partial charge is 0.463 e. The summed E-state index contributed by atoms with van der Waals surface area (Å²) < 4.78 is 7.60. The van der Waals surface area contributed by atoms with Crippen LogP contribution in [0.4, 0.5) is 0 Å². The van der Waals surface area contributed by atoms with E-state index in [2.05, 4.69) is 33.8 Å². The first-order chi connectivity index (χ1) is 13.2. The molecule has 1 amide bonds. The number of rotatable bonds is 6. The maximum Gasteiger partial charge on any atom is 0.268 e. The van der Waals surface area contributed by atoms with Crippen LogP contribution >= 0.6 is 0 Å². The predicted molar refractivity (Wildman–Crippen MR) is 107 cm³/mol. The van der Waals surface area contributed by atoms with E-state index in [9.17, 15) is 4.79 Å². The molecule has 0 aliphatic carbocycles. The lowest BCUT2D eigenvalue weighted by atomic mass is 10.1. The molecule has 1 N–H and O–H groups in total. The molecule has 0 spiro atoms. The number of fused-ring (bicyclic) bond motifs is 1. The van der Waals surface area contributed by atoms with Crippen LogP contribution < -0.4 is 5.32 Å². The number of aryl methyl sites for hydroxylation is 1. The number of furan rings is 1. The molecule has 2 aromatic heterocycles. The highest BCUT2D eigenvalue weighted by atomic mass is 16.3. The summed E-state index contributed by atoms with van der Waals surface area (Å²) >= 11 is 0. The molecular formula is C22H27N3O2. The minimum Gasteiger partial charge on any atom is -0.463 e. The van der Waals surface area contributed by atoms with Crippen LogP contribution in [-0.4, -0.2) is 41.6 Å². The molecule has 3 heterocycles. The molecule has 1 aliphatic heterocycles. The van der Waals surface area contributed by atoms with Crippen molar-refractivity contribution in [2.24, 2.45) is 0 Å². The van der Waals surface area contributed by atoms with Gasteiger partial charge in [-0.25, -0.2) is 0 Å². The van der Waals surface area contributed by atoms with Gasteiger partial charge in [0.15, 0.2) is 5.58 Å². The van der Waals surface area contributed by atoms with Crippen molar-refractivity contribution >= 4 is 17.0 Å². The zero-order chi connectivity index (χ0) is 18.6. The number of piperidine rings is 1. The molecule has 5 heteroatoms. The van der Waals surface area contributed by atoms with E-state index in [0.717, 1.165) is 30.7 Å². The fourth-order valence-electron chi connectivity index (χ4n) is 3.89. The van der Waals surface area contributed by atoms with Crippen LogP contribution in [0.1, 0.15) is 40.9 Å². The van der Waals surface area contributed by atoms with Crippen molar-refractivity contribution in [1.29, 1.82) is 0 Å². The molecule has 27 heavy (non-hydrogen) atoms. The van der Waals surface area contributed by atoms with E-state index in [1.165, 1.54) is 30.4 Å². The zero-order valence-corrected chi connectivity index (χ0v) is 15.9. The first-order valence-corrected chi connectivity index (χ1v) is 9.84. The van der Waals surface area contributed by atoms with Gasteiger partial charge in [0.1, 0.15) is 5.69 Å². The summed E-state index contributed by atoms with van der Waals surface area (Å²) in [6, 6.07) is 12.1. The zero-order valence-electron chi connectivity index (χ0n) is 15.9. The minimum absolute atomic E-state index is 0.0352. The normalized spacial score (nSPS) is 15.3. The molecule has 1 aromatic carbocycles. The third kappa shape index (κ3) is 3.93. The van der Waals surface area contributed by atoms with Crippen LogP contribution in [0.3, 0.4) is 0 Å². The molecule has 1 fully saturated rings. The van der Waals surface area contributed by atoms with E-state index in [-0.39, 0.29) is 5.91 Å². The molecule has 5 nitrogen and oxygen atoms in total. The number of likely N-dealkylation sites (tertiary alicyclic amines) is 1. The van der Waals surface area contributed by atoms with Crippen molar-refractivity contribution in [3.8, 4) is 0 Å². The van der Waals surface area contributed by atoms with Crippen LogP contribution in [-0.2, 0) is 6.54 Å². The second kappa shape index (κ2) is 8.01. The molecule has 0 atom stereocenters. The smallest absolute Gasteiger partial charge is 0.268 e. The lowest BCUT2D eigenvalue weighted by Gasteiger charge is -2.26. The number of aromatic nitrogens is 1. The average Bonchev–Trinajstić information content (AvgIpc) is 3.27. The summed E-state index contributed by atoms with van der Waals surface area (Å²) in [4.78, 5) is 15.3. The molecule has 0 saturated carbocycles. The van der Waals surface area contributed by atoms with Gasteiger partial charge in [0.05, 0.1) is 11.8 Å². The first-order valence-electron chi connectivity index (χ1n) is 9.84. The Morgan fingerprint density at radius 2 is 1.96 bits per heavy atom. The number of hydrogen-bond acceptors (Lipinski definition) is 3. The Hall–Kier alpha value is -2.53. The molecule has 4 rings (SSSR count). The van der Waals surface area contributed by atoms with E-state index in [0.29, 0.717) is 18.8 Å². The number of nitrogens with one attached hydrogen (secondary N) is 1. The Bertz CT molecular complexity index is 919. The van der Waals surface area contributed by atoms with Crippen LogP contribution in [0.2, 0.25) is 0 Å². The van der Waals surface area contributed by atoms with Crippen LogP contribution in [0.25, 0.3) is 11.1 Å². The Morgan fingerprint density at radius 1 is 1.15 bits per heavy atom. The van der Waals surface area contributed by atoms with E-state index in [1.54, 1.807) is 6.26 Å². The SMILES string of the molecule is Cc1ccccc1Cn1c(C(=O)NCCN2CCCCC2)cc2occc21. The first kappa shape index (κ1) is 17.9. The summed E-state index contributed by atoms with van der Waals surface area (Å²) in [7, 11) is 0. The molecule has 0 radical (unpaired) electrons. The topological polar surface area (TPSA) is 50.4 Å². The molecule has 0 bridgehead atoms. The second-order valence-corrected chi connectivity index (χ2v) is 7.37. The fourth-order valence-corrected chi connectivity index (χ4v) is 3.89. The van der Waals surface area contributed by atoms with Gasteiger partial charge in [0.2, 0.25) is 0 Å². The van der Waals surface area contributed by atoms with Gasteiger partial charge < -0.3 is 19.2 Å². The van der Waals surface area contributed by atoms with E-state index in [1.807, 2.05) is 24.3 Å². The number of hydrogen-bond donors (Lipinski definition) is 1. The van der Waals surface area contributed by atoms with Crippen molar-refractivity contribution in [3.63, 3.8) is 0 Å². The highest BCUT2D eigenvalue weighted by Gasteiger charge is 2.18. The van der Waals surface area contributed by atoms with Gasteiger partial charge in [0, 0.05) is 31.8 Å². The number of nitrogens with zero attached hydrogens (tertiary/aromatic N) is 2. The number of carbonyl (C=O) groups is 1. The van der Waals surface area contributed by atoms with Crippen LogP contribution in [0.15, 0.2) is 47.1 Å². The quantitative estimate of drug-likeness (QED) is 0.723. The van der Waals surface area contributed by atoms with Gasteiger partial charge in [0.25, 0.3) is 5.91 Å². The van der Waals surface area contributed by atoms with Gasteiger partial charge in [-0.3, -0.25) is 4.79 Å². The predicted octanol–water partition coefficient (Wildman–Crippen LogP) is 3.81. The van der Waals surface area contributed by atoms with Gasteiger partial charge in [-0.05, 0) is 44.0 Å². The van der Waals surface area contributed by atoms with Crippen molar-refractivity contribution in [1.82, 2.24) is 14.8 Å². The van der Waals surface area contributed by atoms with Crippen LogP contribution in [0, 0.1) is 6.92 Å².